The lowest BCUT2D eigenvalue weighted by Gasteiger charge is -2.03. The van der Waals surface area contributed by atoms with Crippen LogP contribution < -0.4 is 5.32 Å². The van der Waals surface area contributed by atoms with Crippen LogP contribution in [0, 0.1) is 0 Å². The van der Waals surface area contributed by atoms with Crippen molar-refractivity contribution in [1.29, 1.82) is 0 Å². The second kappa shape index (κ2) is 5.79. The minimum atomic E-state index is 0.102. The van der Waals surface area contributed by atoms with Gasteiger partial charge in [0.1, 0.15) is 4.60 Å². The molecule has 6 heteroatoms. The zero-order valence-electron chi connectivity index (χ0n) is 9.17. The number of aromatic nitrogens is 3. The van der Waals surface area contributed by atoms with Crippen molar-refractivity contribution >= 4 is 21.6 Å². The summed E-state index contributed by atoms with van der Waals surface area (Å²) in [4.78, 5) is 4.13. The lowest BCUT2D eigenvalue weighted by atomic mass is 10.3. The molecule has 0 aliphatic heterocycles. The van der Waals surface area contributed by atoms with Crippen molar-refractivity contribution < 1.29 is 5.11 Å². The van der Waals surface area contributed by atoms with E-state index < -0.39 is 0 Å². The first kappa shape index (κ1) is 12.1. The van der Waals surface area contributed by atoms with Crippen molar-refractivity contribution in [3.8, 4) is 0 Å². The zero-order valence-corrected chi connectivity index (χ0v) is 10.8. The van der Waals surface area contributed by atoms with Crippen LogP contribution >= 0.6 is 15.9 Å². The molecule has 0 saturated carbocycles. The Labute approximate surface area is 108 Å². The summed E-state index contributed by atoms with van der Waals surface area (Å²) < 4.78 is 2.54. The standard InChI is InChI=1S/C11H13BrN4O/c12-11-2-1-10(7-14-11)13-5-9-6-15-16(8-9)3-4-17/h1-2,6-8,13,17H,3-5H2. The molecule has 2 rings (SSSR count). The van der Waals surface area contributed by atoms with E-state index in [0.717, 1.165) is 15.9 Å². The van der Waals surface area contributed by atoms with Gasteiger partial charge in [0.25, 0.3) is 0 Å². The van der Waals surface area contributed by atoms with E-state index in [9.17, 15) is 0 Å². The van der Waals surface area contributed by atoms with Crippen LogP contribution in [0.5, 0.6) is 0 Å². The Kier molecular flexibility index (Phi) is 4.11. The number of aliphatic hydroxyl groups is 1. The predicted molar refractivity (Wildman–Crippen MR) is 68.6 cm³/mol. The number of nitrogens with zero attached hydrogens (tertiary/aromatic N) is 3. The van der Waals surface area contributed by atoms with Gasteiger partial charge in [-0.2, -0.15) is 5.10 Å². The minimum absolute atomic E-state index is 0.102. The number of hydrogen-bond donors (Lipinski definition) is 2. The Hall–Kier alpha value is -1.40. The van der Waals surface area contributed by atoms with Gasteiger partial charge in [0.05, 0.1) is 31.2 Å². The molecule has 0 spiro atoms. The molecule has 0 aliphatic carbocycles. The predicted octanol–water partition coefficient (Wildman–Crippen LogP) is 1.65. The van der Waals surface area contributed by atoms with E-state index in [1.807, 2.05) is 18.3 Å². The third kappa shape index (κ3) is 3.54. The summed E-state index contributed by atoms with van der Waals surface area (Å²) in [5, 5.41) is 16.1. The average molecular weight is 297 g/mol. The van der Waals surface area contributed by atoms with Crippen LogP contribution in [-0.4, -0.2) is 26.5 Å². The van der Waals surface area contributed by atoms with Crippen LogP contribution in [0.15, 0.2) is 35.3 Å². The number of rotatable bonds is 5. The Morgan fingerprint density at radius 1 is 1.35 bits per heavy atom. The van der Waals surface area contributed by atoms with Gasteiger partial charge in [-0.05, 0) is 28.1 Å². The van der Waals surface area contributed by atoms with Crippen molar-refractivity contribution in [1.82, 2.24) is 14.8 Å². The van der Waals surface area contributed by atoms with E-state index in [4.69, 9.17) is 5.11 Å². The first-order valence-corrected chi connectivity index (χ1v) is 6.05. The summed E-state index contributed by atoms with van der Waals surface area (Å²) in [6.45, 7) is 1.32. The van der Waals surface area contributed by atoms with Crippen molar-refractivity contribution in [3.05, 3.63) is 40.9 Å². The highest BCUT2D eigenvalue weighted by molar-refractivity contribution is 9.10. The third-order valence-electron chi connectivity index (χ3n) is 2.24. The summed E-state index contributed by atoms with van der Waals surface area (Å²) >= 11 is 3.29. The number of pyridine rings is 1. The van der Waals surface area contributed by atoms with Gasteiger partial charge in [-0.15, -0.1) is 0 Å². The van der Waals surface area contributed by atoms with E-state index in [-0.39, 0.29) is 6.61 Å². The van der Waals surface area contributed by atoms with Crippen LogP contribution in [0.4, 0.5) is 5.69 Å². The molecular weight excluding hydrogens is 284 g/mol. The molecule has 90 valence electrons. The fourth-order valence-corrected chi connectivity index (χ4v) is 1.64. The lowest BCUT2D eigenvalue weighted by molar-refractivity contribution is 0.269. The van der Waals surface area contributed by atoms with Gasteiger partial charge in [-0.3, -0.25) is 4.68 Å². The fraction of sp³-hybridized carbons (Fsp3) is 0.273. The SMILES string of the molecule is OCCn1cc(CNc2ccc(Br)nc2)cn1. The molecule has 0 saturated heterocycles. The number of hydrogen-bond acceptors (Lipinski definition) is 4. The molecule has 5 nitrogen and oxygen atoms in total. The van der Waals surface area contributed by atoms with E-state index in [1.165, 1.54) is 0 Å². The molecule has 0 aromatic carbocycles. The average Bonchev–Trinajstić information content (AvgIpc) is 2.77. The molecule has 0 radical (unpaired) electrons. The Morgan fingerprint density at radius 3 is 2.94 bits per heavy atom. The number of aliphatic hydroxyl groups excluding tert-OH is 1. The van der Waals surface area contributed by atoms with Crippen molar-refractivity contribution in [2.24, 2.45) is 0 Å². The Balaban J connectivity index is 1.90. The Morgan fingerprint density at radius 2 is 2.24 bits per heavy atom. The topological polar surface area (TPSA) is 63.0 Å². The van der Waals surface area contributed by atoms with E-state index in [2.05, 4.69) is 31.3 Å². The van der Waals surface area contributed by atoms with Crippen LogP contribution in [0.2, 0.25) is 0 Å². The van der Waals surface area contributed by atoms with Crippen molar-refractivity contribution in [2.45, 2.75) is 13.1 Å². The van der Waals surface area contributed by atoms with Crippen LogP contribution in [0.3, 0.4) is 0 Å². The lowest BCUT2D eigenvalue weighted by Crippen LogP contribution is -2.02. The molecule has 0 amide bonds. The maximum atomic E-state index is 8.77. The maximum absolute atomic E-state index is 8.77. The minimum Gasteiger partial charge on any atom is -0.394 e. The van der Waals surface area contributed by atoms with Crippen LogP contribution in [0.25, 0.3) is 0 Å². The molecule has 0 aliphatic rings. The summed E-state index contributed by atoms with van der Waals surface area (Å²) in [6.07, 6.45) is 5.46. The quantitative estimate of drug-likeness (QED) is 0.824. The third-order valence-corrected chi connectivity index (χ3v) is 2.71. The summed E-state index contributed by atoms with van der Waals surface area (Å²) in [5.41, 5.74) is 2.03. The fourth-order valence-electron chi connectivity index (χ4n) is 1.41. The molecule has 0 unspecified atom stereocenters. The van der Waals surface area contributed by atoms with E-state index >= 15 is 0 Å². The van der Waals surface area contributed by atoms with Gasteiger partial charge in [-0.1, -0.05) is 0 Å². The van der Waals surface area contributed by atoms with Gasteiger partial charge in [0.2, 0.25) is 0 Å². The molecule has 2 heterocycles. The Bertz CT molecular complexity index is 469. The largest absolute Gasteiger partial charge is 0.394 e. The normalized spacial score (nSPS) is 10.5. The first-order chi connectivity index (χ1) is 8.28. The molecule has 2 aromatic heterocycles. The molecule has 0 bridgehead atoms. The van der Waals surface area contributed by atoms with E-state index in [1.54, 1.807) is 17.1 Å². The molecular formula is C11H13BrN4O. The molecule has 0 fully saturated rings. The molecule has 17 heavy (non-hydrogen) atoms. The molecule has 0 atom stereocenters. The number of anilines is 1. The van der Waals surface area contributed by atoms with Gasteiger partial charge in [0, 0.05) is 18.3 Å². The smallest absolute Gasteiger partial charge is 0.106 e. The summed E-state index contributed by atoms with van der Waals surface area (Å²) in [5.74, 6) is 0. The van der Waals surface area contributed by atoms with Gasteiger partial charge in [0.15, 0.2) is 0 Å². The highest BCUT2D eigenvalue weighted by Gasteiger charge is 1.98. The molecule has 2 N–H and O–H groups in total. The van der Waals surface area contributed by atoms with Gasteiger partial charge >= 0.3 is 0 Å². The number of halogens is 1. The zero-order chi connectivity index (χ0) is 12.1. The number of nitrogens with one attached hydrogen (secondary N) is 1. The highest BCUT2D eigenvalue weighted by Crippen LogP contribution is 2.11. The second-order valence-corrected chi connectivity index (χ2v) is 4.37. The maximum Gasteiger partial charge on any atom is 0.106 e. The second-order valence-electron chi connectivity index (χ2n) is 3.56. The van der Waals surface area contributed by atoms with Crippen molar-refractivity contribution in [2.75, 3.05) is 11.9 Å². The monoisotopic (exact) mass is 296 g/mol. The first-order valence-electron chi connectivity index (χ1n) is 5.25. The highest BCUT2D eigenvalue weighted by atomic mass is 79.9. The van der Waals surface area contributed by atoms with Gasteiger partial charge in [-0.25, -0.2) is 4.98 Å². The summed E-state index contributed by atoms with van der Waals surface area (Å²) in [6, 6.07) is 3.84. The molecule has 2 aromatic rings. The van der Waals surface area contributed by atoms with E-state index in [0.29, 0.717) is 13.1 Å². The van der Waals surface area contributed by atoms with Crippen LogP contribution in [0.1, 0.15) is 5.56 Å². The summed E-state index contributed by atoms with van der Waals surface area (Å²) in [7, 11) is 0. The van der Waals surface area contributed by atoms with Crippen LogP contribution in [-0.2, 0) is 13.1 Å². The van der Waals surface area contributed by atoms with Crippen molar-refractivity contribution in [3.63, 3.8) is 0 Å². The van der Waals surface area contributed by atoms with Gasteiger partial charge < -0.3 is 10.4 Å².